The number of morpholine rings is 1. The van der Waals surface area contributed by atoms with Crippen LogP contribution in [0.1, 0.15) is 18.4 Å². The van der Waals surface area contributed by atoms with Crippen molar-refractivity contribution in [3.63, 3.8) is 0 Å². The van der Waals surface area contributed by atoms with Crippen LogP contribution >= 0.6 is 15.9 Å². The van der Waals surface area contributed by atoms with Gasteiger partial charge in [-0.3, -0.25) is 4.90 Å². The highest BCUT2D eigenvalue weighted by molar-refractivity contribution is 9.10. The van der Waals surface area contributed by atoms with E-state index >= 15 is 0 Å². The minimum Gasteiger partial charge on any atom is -0.374 e. The van der Waals surface area contributed by atoms with Gasteiger partial charge in [0.05, 0.1) is 12.7 Å². The van der Waals surface area contributed by atoms with Crippen LogP contribution in [0.2, 0.25) is 0 Å². The lowest BCUT2D eigenvalue weighted by Crippen LogP contribution is -2.47. The molecule has 1 unspecified atom stereocenters. The number of hydrogen-bond acceptors (Lipinski definition) is 3. The monoisotopic (exact) mass is 342 g/mol. The maximum absolute atomic E-state index is 13.6. The average Bonchev–Trinajstić information content (AvgIpc) is 3.28. The Morgan fingerprint density at radius 2 is 2.25 bits per heavy atom. The zero-order valence-electron chi connectivity index (χ0n) is 11.4. The van der Waals surface area contributed by atoms with Crippen molar-refractivity contribution < 1.29 is 9.13 Å². The molecule has 1 N–H and O–H groups in total. The molecule has 1 aromatic rings. The molecule has 1 aliphatic carbocycles. The van der Waals surface area contributed by atoms with Crippen LogP contribution in [0.25, 0.3) is 0 Å². The van der Waals surface area contributed by atoms with E-state index in [-0.39, 0.29) is 11.9 Å². The van der Waals surface area contributed by atoms with Crippen LogP contribution in [-0.2, 0) is 11.3 Å². The van der Waals surface area contributed by atoms with Gasteiger partial charge in [-0.05, 0) is 31.0 Å². The van der Waals surface area contributed by atoms with Gasteiger partial charge in [0.15, 0.2) is 0 Å². The van der Waals surface area contributed by atoms with Gasteiger partial charge in [-0.2, -0.15) is 0 Å². The van der Waals surface area contributed by atoms with Crippen molar-refractivity contribution in [3.05, 3.63) is 34.1 Å². The lowest BCUT2D eigenvalue weighted by molar-refractivity contribution is -0.0301. The van der Waals surface area contributed by atoms with Gasteiger partial charge in [0, 0.05) is 42.3 Å². The van der Waals surface area contributed by atoms with Crippen LogP contribution in [0.4, 0.5) is 4.39 Å². The van der Waals surface area contributed by atoms with Crippen molar-refractivity contribution in [2.45, 2.75) is 31.5 Å². The van der Waals surface area contributed by atoms with E-state index in [0.29, 0.717) is 12.1 Å². The molecule has 1 saturated heterocycles. The van der Waals surface area contributed by atoms with E-state index in [2.05, 4.69) is 26.1 Å². The summed E-state index contributed by atoms with van der Waals surface area (Å²) >= 11 is 3.37. The molecule has 3 rings (SSSR count). The number of hydrogen-bond donors (Lipinski definition) is 1. The highest BCUT2D eigenvalue weighted by Gasteiger charge is 2.32. The van der Waals surface area contributed by atoms with Crippen molar-refractivity contribution >= 4 is 15.9 Å². The topological polar surface area (TPSA) is 24.5 Å². The highest BCUT2D eigenvalue weighted by Crippen LogP contribution is 2.28. The van der Waals surface area contributed by atoms with E-state index in [1.54, 1.807) is 6.07 Å². The molecule has 1 saturated carbocycles. The third-order valence-corrected chi connectivity index (χ3v) is 4.42. The molecule has 1 heterocycles. The van der Waals surface area contributed by atoms with Crippen molar-refractivity contribution in [2.24, 2.45) is 0 Å². The molecule has 0 amide bonds. The third kappa shape index (κ3) is 3.79. The summed E-state index contributed by atoms with van der Waals surface area (Å²) in [6.45, 7) is 4.18. The fourth-order valence-corrected chi connectivity index (χ4v) is 3.09. The summed E-state index contributed by atoms with van der Waals surface area (Å²) in [6, 6.07) is 5.83. The van der Waals surface area contributed by atoms with Gasteiger partial charge < -0.3 is 10.1 Å². The summed E-state index contributed by atoms with van der Waals surface area (Å²) in [6.07, 6.45) is 2.90. The van der Waals surface area contributed by atoms with Gasteiger partial charge in [0.25, 0.3) is 0 Å². The molecule has 20 heavy (non-hydrogen) atoms. The van der Waals surface area contributed by atoms with E-state index in [1.165, 1.54) is 18.9 Å². The smallest absolute Gasteiger partial charge is 0.127 e. The summed E-state index contributed by atoms with van der Waals surface area (Å²) in [5.74, 6) is -0.162. The first-order chi connectivity index (χ1) is 9.72. The predicted molar refractivity (Wildman–Crippen MR) is 80.1 cm³/mol. The van der Waals surface area contributed by atoms with E-state index in [4.69, 9.17) is 4.74 Å². The standard InChI is InChI=1S/C15H20BrFN2O/c16-12-1-4-15(17)11(7-12)8-18-9-14-10-19(5-6-20-14)13-2-3-13/h1,4,7,13-14,18H,2-3,5-6,8-10H2. The molecule has 0 radical (unpaired) electrons. The highest BCUT2D eigenvalue weighted by atomic mass is 79.9. The molecule has 110 valence electrons. The molecule has 2 fully saturated rings. The predicted octanol–water partition coefficient (Wildman–Crippen LogP) is 2.54. The molecule has 1 atom stereocenters. The normalized spacial score (nSPS) is 24.0. The second-order valence-corrected chi connectivity index (χ2v) is 6.50. The van der Waals surface area contributed by atoms with E-state index < -0.39 is 0 Å². The van der Waals surface area contributed by atoms with Gasteiger partial charge in [-0.25, -0.2) is 4.39 Å². The third-order valence-electron chi connectivity index (χ3n) is 3.93. The second-order valence-electron chi connectivity index (χ2n) is 5.59. The lowest BCUT2D eigenvalue weighted by atomic mass is 10.2. The quantitative estimate of drug-likeness (QED) is 0.889. The Hall–Kier alpha value is -0.490. The first-order valence-corrected chi connectivity index (χ1v) is 8.02. The Morgan fingerprint density at radius 3 is 3.05 bits per heavy atom. The van der Waals surface area contributed by atoms with Gasteiger partial charge in [0.1, 0.15) is 5.82 Å². The van der Waals surface area contributed by atoms with Crippen molar-refractivity contribution in [1.82, 2.24) is 10.2 Å². The Bertz CT molecular complexity index is 467. The molecular weight excluding hydrogens is 323 g/mol. The van der Waals surface area contributed by atoms with E-state index in [1.807, 2.05) is 6.07 Å². The first kappa shape index (κ1) is 14.4. The minimum absolute atomic E-state index is 0.162. The second kappa shape index (κ2) is 6.52. The van der Waals surface area contributed by atoms with Crippen molar-refractivity contribution in [1.29, 1.82) is 0 Å². The van der Waals surface area contributed by atoms with Crippen LogP contribution in [-0.4, -0.2) is 43.3 Å². The number of halogens is 2. The Kier molecular flexibility index (Phi) is 4.71. The fraction of sp³-hybridized carbons (Fsp3) is 0.600. The largest absolute Gasteiger partial charge is 0.374 e. The molecule has 0 bridgehead atoms. The van der Waals surface area contributed by atoms with Crippen LogP contribution in [0.5, 0.6) is 0 Å². The molecule has 1 aromatic carbocycles. The maximum atomic E-state index is 13.6. The van der Waals surface area contributed by atoms with Gasteiger partial charge in [-0.1, -0.05) is 15.9 Å². The SMILES string of the molecule is Fc1ccc(Br)cc1CNCC1CN(C2CC2)CCO1. The summed E-state index contributed by atoms with van der Waals surface area (Å²) in [7, 11) is 0. The minimum atomic E-state index is -0.162. The molecular formula is C15H20BrFN2O. The zero-order chi connectivity index (χ0) is 13.9. The van der Waals surface area contributed by atoms with Crippen LogP contribution < -0.4 is 5.32 Å². The lowest BCUT2D eigenvalue weighted by Gasteiger charge is -2.33. The van der Waals surface area contributed by atoms with Crippen molar-refractivity contribution in [3.8, 4) is 0 Å². The molecule has 5 heteroatoms. The number of nitrogens with one attached hydrogen (secondary N) is 1. The average molecular weight is 343 g/mol. The van der Waals surface area contributed by atoms with Crippen LogP contribution in [0.15, 0.2) is 22.7 Å². The first-order valence-electron chi connectivity index (χ1n) is 7.22. The molecule has 2 aliphatic rings. The fourth-order valence-electron chi connectivity index (χ4n) is 2.68. The van der Waals surface area contributed by atoms with Gasteiger partial charge in [-0.15, -0.1) is 0 Å². The van der Waals surface area contributed by atoms with Crippen LogP contribution in [0.3, 0.4) is 0 Å². The molecule has 0 spiro atoms. The number of rotatable bonds is 5. The van der Waals surface area contributed by atoms with Gasteiger partial charge in [0.2, 0.25) is 0 Å². The van der Waals surface area contributed by atoms with E-state index in [0.717, 1.165) is 36.8 Å². The Labute approximate surface area is 127 Å². The molecule has 0 aromatic heterocycles. The van der Waals surface area contributed by atoms with Crippen LogP contribution in [0, 0.1) is 5.82 Å². The molecule has 1 aliphatic heterocycles. The Morgan fingerprint density at radius 1 is 1.40 bits per heavy atom. The summed E-state index contributed by atoms with van der Waals surface area (Å²) in [5, 5.41) is 3.31. The molecule has 3 nitrogen and oxygen atoms in total. The summed E-state index contributed by atoms with van der Waals surface area (Å²) in [4.78, 5) is 2.52. The van der Waals surface area contributed by atoms with E-state index in [9.17, 15) is 4.39 Å². The number of nitrogens with zero attached hydrogens (tertiary/aromatic N) is 1. The number of benzene rings is 1. The summed E-state index contributed by atoms with van der Waals surface area (Å²) < 4.78 is 20.3. The van der Waals surface area contributed by atoms with Crippen molar-refractivity contribution in [2.75, 3.05) is 26.2 Å². The van der Waals surface area contributed by atoms with Gasteiger partial charge >= 0.3 is 0 Å². The zero-order valence-corrected chi connectivity index (χ0v) is 13.0. The Balaban J connectivity index is 1.46. The number of ether oxygens (including phenoxy) is 1. The maximum Gasteiger partial charge on any atom is 0.127 e. The summed E-state index contributed by atoms with van der Waals surface area (Å²) in [5.41, 5.74) is 0.689.